The maximum atomic E-state index is 14.1. The summed E-state index contributed by atoms with van der Waals surface area (Å²) >= 11 is 0. The summed E-state index contributed by atoms with van der Waals surface area (Å²) in [7, 11) is 3.28. The Bertz CT molecular complexity index is 1120. The molecule has 0 spiro atoms. The van der Waals surface area contributed by atoms with Gasteiger partial charge in [0.05, 0.1) is 11.2 Å². The Hall–Kier alpha value is -3.29. The number of nitrogens with two attached hydrogens (primary N) is 1. The second kappa shape index (κ2) is 9.89. The second-order valence-electron chi connectivity index (χ2n) is 8.11. The van der Waals surface area contributed by atoms with Crippen LogP contribution in [0.5, 0.6) is 0 Å². The molecule has 170 valence electrons. The van der Waals surface area contributed by atoms with E-state index in [4.69, 9.17) is 5.73 Å². The molecule has 1 aliphatic rings. The zero-order chi connectivity index (χ0) is 23.4. The van der Waals surface area contributed by atoms with Crippen molar-refractivity contribution < 1.29 is 22.8 Å². The molecular formula is C24H26F3N3O2. The number of benzene rings is 2. The minimum Gasteiger partial charge on any atom is -0.370 e. The first-order valence-electron chi connectivity index (χ1n) is 10.4. The fraction of sp³-hybridized carbons (Fsp3) is 0.333. The third-order valence-corrected chi connectivity index (χ3v) is 5.59. The number of rotatable bonds is 5. The number of nitrogens with one attached hydrogen (secondary N) is 1. The SMILES string of the molecule is CN(C)C(=O)CCC(N)=O.Fc1ccc(-c2[nH]c3c(F)cc(F)cc3c2C2CCC2)cc1. The number of hydrogen-bond donors (Lipinski definition) is 2. The van der Waals surface area contributed by atoms with Crippen LogP contribution in [-0.4, -0.2) is 35.8 Å². The van der Waals surface area contributed by atoms with Crippen LogP contribution >= 0.6 is 0 Å². The van der Waals surface area contributed by atoms with Gasteiger partial charge in [-0.25, -0.2) is 13.2 Å². The van der Waals surface area contributed by atoms with Gasteiger partial charge in [-0.2, -0.15) is 0 Å². The molecular weight excluding hydrogens is 419 g/mol. The minimum absolute atomic E-state index is 0.0706. The monoisotopic (exact) mass is 445 g/mol. The van der Waals surface area contributed by atoms with Crippen molar-refractivity contribution in [1.82, 2.24) is 9.88 Å². The summed E-state index contributed by atoms with van der Waals surface area (Å²) in [5.41, 5.74) is 7.66. The van der Waals surface area contributed by atoms with Gasteiger partial charge < -0.3 is 15.6 Å². The quantitative estimate of drug-likeness (QED) is 0.588. The van der Waals surface area contributed by atoms with E-state index in [1.54, 1.807) is 26.2 Å². The van der Waals surface area contributed by atoms with E-state index in [-0.39, 0.29) is 24.6 Å². The molecule has 0 radical (unpaired) electrons. The lowest BCUT2D eigenvalue weighted by atomic mass is 9.78. The van der Waals surface area contributed by atoms with Crippen molar-refractivity contribution in [2.24, 2.45) is 5.73 Å². The summed E-state index contributed by atoms with van der Waals surface area (Å²) in [4.78, 5) is 25.5. The largest absolute Gasteiger partial charge is 0.370 e. The summed E-state index contributed by atoms with van der Waals surface area (Å²) in [5, 5.41) is 0.599. The number of primary amides is 1. The smallest absolute Gasteiger partial charge is 0.222 e. The molecule has 1 fully saturated rings. The van der Waals surface area contributed by atoms with Gasteiger partial charge in [-0.3, -0.25) is 9.59 Å². The summed E-state index contributed by atoms with van der Waals surface area (Å²) in [5.74, 6) is -1.69. The van der Waals surface area contributed by atoms with E-state index in [9.17, 15) is 22.8 Å². The first-order valence-corrected chi connectivity index (χ1v) is 10.4. The summed E-state index contributed by atoms with van der Waals surface area (Å²) in [6, 6.07) is 8.35. The molecule has 1 aliphatic carbocycles. The van der Waals surface area contributed by atoms with Crippen LogP contribution in [0.3, 0.4) is 0 Å². The molecule has 4 rings (SSSR count). The van der Waals surface area contributed by atoms with E-state index in [1.165, 1.54) is 23.1 Å². The zero-order valence-electron chi connectivity index (χ0n) is 18.1. The number of hydrogen-bond acceptors (Lipinski definition) is 2. The van der Waals surface area contributed by atoms with Gasteiger partial charge in [-0.1, -0.05) is 6.42 Å². The van der Waals surface area contributed by atoms with Gasteiger partial charge in [0.2, 0.25) is 11.8 Å². The van der Waals surface area contributed by atoms with Gasteiger partial charge in [-0.15, -0.1) is 0 Å². The lowest BCUT2D eigenvalue weighted by Crippen LogP contribution is -2.23. The number of carbonyl (C=O) groups excluding carboxylic acids is 2. The zero-order valence-corrected chi connectivity index (χ0v) is 18.1. The molecule has 8 heteroatoms. The maximum absolute atomic E-state index is 14.1. The summed E-state index contributed by atoms with van der Waals surface area (Å²) < 4.78 is 40.8. The van der Waals surface area contributed by atoms with Gasteiger partial charge in [-0.05, 0) is 60.2 Å². The van der Waals surface area contributed by atoms with Crippen molar-refractivity contribution in [3.63, 3.8) is 0 Å². The van der Waals surface area contributed by atoms with Crippen molar-refractivity contribution in [3.8, 4) is 11.3 Å². The predicted octanol–water partition coefficient (Wildman–Crippen LogP) is 4.86. The molecule has 0 saturated heterocycles. The van der Waals surface area contributed by atoms with E-state index in [1.807, 2.05) is 0 Å². The van der Waals surface area contributed by atoms with Crippen LogP contribution in [0.15, 0.2) is 36.4 Å². The molecule has 0 aliphatic heterocycles. The van der Waals surface area contributed by atoms with Crippen molar-refractivity contribution in [1.29, 1.82) is 0 Å². The van der Waals surface area contributed by atoms with Gasteiger partial charge in [0, 0.05) is 38.4 Å². The summed E-state index contributed by atoms with van der Waals surface area (Å²) in [6.07, 6.45) is 3.50. The Morgan fingerprint density at radius 2 is 1.69 bits per heavy atom. The number of aromatic nitrogens is 1. The number of nitrogens with zero attached hydrogens (tertiary/aromatic N) is 1. The highest BCUT2D eigenvalue weighted by Crippen LogP contribution is 2.45. The highest BCUT2D eigenvalue weighted by atomic mass is 19.1. The number of H-pyrrole nitrogens is 1. The predicted molar refractivity (Wildman–Crippen MR) is 117 cm³/mol. The first-order chi connectivity index (χ1) is 15.2. The molecule has 5 nitrogen and oxygen atoms in total. The fourth-order valence-corrected chi connectivity index (χ4v) is 3.66. The molecule has 3 N–H and O–H groups in total. The molecule has 0 bridgehead atoms. The van der Waals surface area contributed by atoms with Gasteiger partial charge in [0.1, 0.15) is 17.5 Å². The number of halogens is 3. The van der Waals surface area contributed by atoms with E-state index in [2.05, 4.69) is 4.98 Å². The van der Waals surface area contributed by atoms with E-state index in [0.29, 0.717) is 16.8 Å². The topological polar surface area (TPSA) is 79.2 Å². The minimum atomic E-state index is -0.594. The Kier molecular flexibility index (Phi) is 7.22. The van der Waals surface area contributed by atoms with Gasteiger partial charge >= 0.3 is 0 Å². The molecule has 0 unspecified atom stereocenters. The highest BCUT2D eigenvalue weighted by molar-refractivity contribution is 5.92. The van der Waals surface area contributed by atoms with Crippen LogP contribution in [0.1, 0.15) is 43.6 Å². The lowest BCUT2D eigenvalue weighted by molar-refractivity contribution is -0.130. The number of fused-ring (bicyclic) bond motifs is 1. The van der Waals surface area contributed by atoms with Crippen LogP contribution in [-0.2, 0) is 9.59 Å². The Morgan fingerprint density at radius 1 is 1.03 bits per heavy atom. The van der Waals surface area contributed by atoms with Gasteiger partial charge in [0.25, 0.3) is 0 Å². The third-order valence-electron chi connectivity index (χ3n) is 5.59. The Morgan fingerprint density at radius 3 is 2.22 bits per heavy atom. The normalized spacial score (nSPS) is 13.3. The van der Waals surface area contributed by atoms with Crippen molar-refractivity contribution in [2.75, 3.05) is 14.1 Å². The van der Waals surface area contributed by atoms with Crippen LogP contribution in [0, 0.1) is 17.5 Å². The number of amides is 2. The Balaban J connectivity index is 0.000000247. The van der Waals surface area contributed by atoms with Crippen LogP contribution in [0.25, 0.3) is 22.2 Å². The lowest BCUT2D eigenvalue weighted by Gasteiger charge is -2.26. The molecule has 2 aromatic carbocycles. The molecule has 32 heavy (non-hydrogen) atoms. The van der Waals surface area contributed by atoms with E-state index < -0.39 is 17.5 Å². The van der Waals surface area contributed by atoms with Crippen molar-refractivity contribution >= 4 is 22.7 Å². The van der Waals surface area contributed by atoms with Gasteiger partial charge in [0.15, 0.2) is 0 Å². The molecule has 0 atom stereocenters. The molecule has 2 amide bonds. The maximum Gasteiger partial charge on any atom is 0.222 e. The van der Waals surface area contributed by atoms with Crippen LogP contribution in [0.2, 0.25) is 0 Å². The van der Waals surface area contributed by atoms with Crippen molar-refractivity contribution in [3.05, 3.63) is 59.4 Å². The Labute approximate surface area is 184 Å². The van der Waals surface area contributed by atoms with Crippen molar-refractivity contribution in [2.45, 2.75) is 38.0 Å². The van der Waals surface area contributed by atoms with Crippen LogP contribution in [0.4, 0.5) is 13.2 Å². The summed E-state index contributed by atoms with van der Waals surface area (Å²) in [6.45, 7) is 0. The van der Waals surface area contributed by atoms with E-state index >= 15 is 0 Å². The molecule has 1 aromatic heterocycles. The molecule has 1 saturated carbocycles. The fourth-order valence-electron chi connectivity index (χ4n) is 3.66. The number of aromatic amines is 1. The average molecular weight is 445 g/mol. The first kappa shape index (κ1) is 23.4. The van der Waals surface area contributed by atoms with E-state index in [0.717, 1.165) is 42.1 Å². The average Bonchev–Trinajstić information content (AvgIpc) is 3.05. The third kappa shape index (κ3) is 5.30. The standard InChI is InChI=1S/C18H14F3N.C6H12N2O2/c19-12-6-4-11(5-7-12)17-16(10-2-1-3-10)14-8-13(20)9-15(21)18(14)22-17;1-8(2)6(10)4-3-5(7)9/h4-10,22H,1-3H2;3-4H2,1-2H3,(H2,7,9). The highest BCUT2D eigenvalue weighted by Gasteiger charge is 2.27. The second-order valence-corrected chi connectivity index (χ2v) is 8.11. The van der Waals surface area contributed by atoms with Crippen LogP contribution < -0.4 is 5.73 Å². The molecule has 1 heterocycles. The molecule has 3 aromatic rings. The number of carbonyl (C=O) groups is 2.